The molecule has 1 aliphatic heterocycles. The number of hydrogen-bond donors (Lipinski definition) is 4. The van der Waals surface area contributed by atoms with E-state index >= 15 is 0 Å². The second-order valence-electron chi connectivity index (χ2n) is 10.2. The minimum absolute atomic E-state index is 0.00219. The van der Waals surface area contributed by atoms with Crippen molar-refractivity contribution >= 4 is 22.9 Å². The number of para-hydroxylation sites is 1. The molecule has 2 unspecified atom stereocenters. The molecular formula is C28H44N4O4. The second-order valence-corrected chi connectivity index (χ2v) is 10.2. The van der Waals surface area contributed by atoms with Crippen molar-refractivity contribution in [2.75, 3.05) is 26.8 Å². The van der Waals surface area contributed by atoms with Crippen molar-refractivity contribution in [1.29, 1.82) is 0 Å². The molecule has 1 aromatic heterocycles. The molecule has 0 saturated carbocycles. The molecule has 0 bridgehead atoms. The number of aromatic nitrogens is 1. The molecule has 1 aliphatic rings. The monoisotopic (exact) mass is 500 g/mol. The molecule has 0 radical (unpaired) electrons. The fourth-order valence-corrected chi connectivity index (χ4v) is 5.67. The number of aromatic amines is 1. The quantitative estimate of drug-likeness (QED) is 0.300. The number of fused-ring (bicyclic) bond motifs is 1. The highest BCUT2D eigenvalue weighted by molar-refractivity contribution is 5.94. The number of amides is 2. The number of rotatable bonds is 13. The molecule has 0 spiro atoms. The molecule has 1 saturated heterocycles. The van der Waals surface area contributed by atoms with Gasteiger partial charge in [-0.2, -0.15) is 0 Å². The minimum atomic E-state index is -1.11. The topological polar surface area (TPSA) is 107 Å². The van der Waals surface area contributed by atoms with E-state index in [-0.39, 0.29) is 18.0 Å². The van der Waals surface area contributed by atoms with Crippen LogP contribution in [0, 0.1) is 0 Å². The van der Waals surface area contributed by atoms with Crippen LogP contribution in [0.1, 0.15) is 76.3 Å². The van der Waals surface area contributed by atoms with Gasteiger partial charge >= 0.3 is 6.09 Å². The van der Waals surface area contributed by atoms with E-state index in [0.717, 1.165) is 68.1 Å². The van der Waals surface area contributed by atoms with Gasteiger partial charge in [-0.05, 0) is 70.0 Å². The third-order valence-electron chi connectivity index (χ3n) is 7.25. The highest BCUT2D eigenvalue weighted by Gasteiger charge is 2.39. The summed E-state index contributed by atoms with van der Waals surface area (Å²) in [6.07, 6.45) is 6.99. The molecule has 2 amide bonds. The third-order valence-corrected chi connectivity index (χ3v) is 7.25. The van der Waals surface area contributed by atoms with Crippen molar-refractivity contribution in [1.82, 2.24) is 20.5 Å². The Morgan fingerprint density at radius 2 is 2.08 bits per heavy atom. The van der Waals surface area contributed by atoms with Crippen molar-refractivity contribution in [3.8, 4) is 0 Å². The normalized spacial score (nSPS) is 17.8. The Labute approximate surface area is 215 Å². The maximum atomic E-state index is 14.5. The highest BCUT2D eigenvalue weighted by Crippen LogP contribution is 2.34. The molecule has 8 nitrogen and oxygen atoms in total. The number of hydrogen-bond acceptors (Lipinski definition) is 4. The highest BCUT2D eigenvalue weighted by atomic mass is 16.5. The van der Waals surface area contributed by atoms with Crippen molar-refractivity contribution < 1.29 is 19.4 Å². The van der Waals surface area contributed by atoms with Crippen LogP contribution in [-0.2, 0) is 16.0 Å². The number of ether oxygens (including phenoxy) is 1. The summed E-state index contributed by atoms with van der Waals surface area (Å²) in [6.45, 7) is 8.59. The molecule has 200 valence electrons. The number of aryl methyl sites for hydroxylation is 1. The first-order valence-electron chi connectivity index (χ1n) is 13.5. The summed E-state index contributed by atoms with van der Waals surface area (Å²) in [7, 11) is 1.66. The van der Waals surface area contributed by atoms with Crippen LogP contribution >= 0.6 is 0 Å². The van der Waals surface area contributed by atoms with Gasteiger partial charge in [0.2, 0.25) is 5.91 Å². The summed E-state index contributed by atoms with van der Waals surface area (Å²) in [4.78, 5) is 31.9. The van der Waals surface area contributed by atoms with Crippen molar-refractivity contribution in [3.05, 3.63) is 35.5 Å². The average molecular weight is 501 g/mol. The Hall–Kier alpha value is -2.58. The predicted molar refractivity (Wildman–Crippen MR) is 144 cm³/mol. The number of carbonyl (C=O) groups is 2. The maximum Gasteiger partial charge on any atom is 0.404 e. The zero-order valence-electron chi connectivity index (χ0n) is 22.3. The smallest absolute Gasteiger partial charge is 0.404 e. The van der Waals surface area contributed by atoms with E-state index in [2.05, 4.69) is 42.5 Å². The second kappa shape index (κ2) is 13.7. The number of piperidine rings is 1. The number of H-pyrrole nitrogens is 1. The first kappa shape index (κ1) is 28.0. The molecular weight excluding hydrogens is 456 g/mol. The van der Waals surface area contributed by atoms with Crippen LogP contribution in [0.5, 0.6) is 0 Å². The number of methoxy groups -OCH3 is 1. The van der Waals surface area contributed by atoms with Crippen LogP contribution in [-0.4, -0.2) is 71.9 Å². The molecule has 1 fully saturated rings. The van der Waals surface area contributed by atoms with Gasteiger partial charge < -0.3 is 30.4 Å². The summed E-state index contributed by atoms with van der Waals surface area (Å²) in [5, 5.41) is 17.0. The molecule has 3 atom stereocenters. The molecule has 0 aliphatic carbocycles. The Balaban J connectivity index is 2.09. The van der Waals surface area contributed by atoms with Crippen molar-refractivity contribution in [3.63, 3.8) is 0 Å². The van der Waals surface area contributed by atoms with Crippen LogP contribution in [0.2, 0.25) is 0 Å². The average Bonchev–Trinajstić information content (AvgIpc) is 3.26. The van der Waals surface area contributed by atoms with Crippen LogP contribution in [0.25, 0.3) is 10.9 Å². The van der Waals surface area contributed by atoms with Gasteiger partial charge in [-0.3, -0.25) is 4.79 Å². The number of carboxylic acid groups (broad SMARTS) is 1. The van der Waals surface area contributed by atoms with Gasteiger partial charge in [0.15, 0.2) is 0 Å². The first-order valence-corrected chi connectivity index (χ1v) is 13.5. The number of nitrogens with one attached hydrogen (secondary N) is 3. The molecule has 8 heteroatoms. The van der Waals surface area contributed by atoms with Gasteiger partial charge in [-0.25, -0.2) is 4.79 Å². The van der Waals surface area contributed by atoms with E-state index in [1.807, 2.05) is 23.2 Å². The summed E-state index contributed by atoms with van der Waals surface area (Å²) < 4.78 is 5.21. The third kappa shape index (κ3) is 6.79. The number of benzene rings is 1. The fourth-order valence-electron chi connectivity index (χ4n) is 5.67. The Morgan fingerprint density at radius 3 is 2.72 bits per heavy atom. The van der Waals surface area contributed by atoms with Gasteiger partial charge in [0, 0.05) is 55.5 Å². The zero-order valence-corrected chi connectivity index (χ0v) is 22.3. The lowest BCUT2D eigenvalue weighted by Crippen LogP contribution is -2.55. The van der Waals surface area contributed by atoms with Crippen LogP contribution in [0.15, 0.2) is 24.4 Å². The van der Waals surface area contributed by atoms with Crippen LogP contribution < -0.4 is 10.6 Å². The molecule has 36 heavy (non-hydrogen) atoms. The summed E-state index contributed by atoms with van der Waals surface area (Å²) in [6, 6.07) is 5.61. The van der Waals surface area contributed by atoms with E-state index in [9.17, 15) is 14.7 Å². The Bertz CT molecular complexity index is 983. The summed E-state index contributed by atoms with van der Waals surface area (Å²) >= 11 is 0. The molecule has 2 heterocycles. The first-order chi connectivity index (χ1) is 17.4. The van der Waals surface area contributed by atoms with Crippen molar-refractivity contribution in [2.24, 2.45) is 0 Å². The standard InChI is InChI=1S/C28H44N4O4/c1-5-10-20-17-30-26-22(20)12-8-13-23(26)25(24(31-28(34)35)14-6-7-16-36-4)27(33)32(19(2)3)21-11-9-15-29-18-21/h8,12-13,17,19,21,24-25,29-31H,5-7,9-11,14-16,18H2,1-4H3,(H,34,35)/t21-,24?,25?/m1/s1. The van der Waals surface area contributed by atoms with E-state index in [1.165, 1.54) is 5.56 Å². The molecule has 1 aromatic carbocycles. The Kier molecular flexibility index (Phi) is 10.6. The van der Waals surface area contributed by atoms with E-state index < -0.39 is 18.1 Å². The van der Waals surface area contributed by atoms with Crippen molar-refractivity contribution in [2.45, 2.75) is 89.8 Å². The molecule has 2 aromatic rings. The maximum absolute atomic E-state index is 14.5. The number of carbonyl (C=O) groups excluding carboxylic acids is 1. The van der Waals surface area contributed by atoms with Gasteiger partial charge in [-0.1, -0.05) is 31.5 Å². The van der Waals surface area contributed by atoms with E-state index in [4.69, 9.17) is 4.74 Å². The SMILES string of the molecule is CCCc1c[nH]c2c(C(C(=O)N(C(C)C)[C@@H]3CCCNC3)C(CCCCOC)NC(=O)O)cccc12. The summed E-state index contributed by atoms with van der Waals surface area (Å²) in [5.74, 6) is -0.645. The van der Waals surface area contributed by atoms with Gasteiger partial charge in [0.1, 0.15) is 0 Å². The van der Waals surface area contributed by atoms with Gasteiger partial charge in [-0.15, -0.1) is 0 Å². The van der Waals surface area contributed by atoms with Gasteiger partial charge in [0.25, 0.3) is 0 Å². The van der Waals surface area contributed by atoms with Gasteiger partial charge in [0.05, 0.1) is 5.92 Å². The summed E-state index contributed by atoms with van der Waals surface area (Å²) in [5.41, 5.74) is 3.01. The number of unbranched alkanes of at least 4 members (excludes halogenated alkanes) is 1. The lowest BCUT2D eigenvalue weighted by atomic mass is 9.84. The lowest BCUT2D eigenvalue weighted by Gasteiger charge is -2.41. The van der Waals surface area contributed by atoms with E-state index in [1.54, 1.807) is 7.11 Å². The van der Waals surface area contributed by atoms with E-state index in [0.29, 0.717) is 13.0 Å². The zero-order chi connectivity index (χ0) is 26.1. The number of nitrogens with zero attached hydrogens (tertiary/aromatic N) is 1. The fraction of sp³-hybridized carbons (Fsp3) is 0.643. The molecule has 4 N–H and O–H groups in total. The predicted octanol–water partition coefficient (Wildman–Crippen LogP) is 4.65. The Morgan fingerprint density at radius 1 is 1.28 bits per heavy atom. The minimum Gasteiger partial charge on any atom is -0.465 e. The van der Waals surface area contributed by atoms with Crippen LogP contribution in [0.3, 0.4) is 0 Å². The molecule has 3 rings (SSSR count). The lowest BCUT2D eigenvalue weighted by molar-refractivity contribution is -0.138. The van der Waals surface area contributed by atoms with Crippen LogP contribution in [0.4, 0.5) is 4.79 Å². The largest absolute Gasteiger partial charge is 0.465 e.